The van der Waals surface area contributed by atoms with E-state index in [4.69, 9.17) is 0 Å². The predicted molar refractivity (Wildman–Crippen MR) is 98.2 cm³/mol. The van der Waals surface area contributed by atoms with Crippen molar-refractivity contribution in [1.82, 2.24) is 10.2 Å². The molecule has 122 valence electrons. The molecule has 1 N–H and O–H groups in total. The van der Waals surface area contributed by atoms with Crippen molar-refractivity contribution in [3.63, 3.8) is 0 Å². The average molecular weight is 350 g/mol. The van der Waals surface area contributed by atoms with E-state index in [1.54, 1.807) is 0 Å². The predicted octanol–water partition coefficient (Wildman–Crippen LogP) is 3.42. The zero-order chi connectivity index (χ0) is 14.5. The molecule has 1 heterocycles. The van der Waals surface area contributed by atoms with E-state index in [1.807, 2.05) is 12.1 Å². The van der Waals surface area contributed by atoms with Gasteiger partial charge in [-0.25, -0.2) is 0 Å². The van der Waals surface area contributed by atoms with Gasteiger partial charge in [0.05, 0.1) is 12.1 Å². The highest BCUT2D eigenvalue weighted by molar-refractivity contribution is 5.85. The van der Waals surface area contributed by atoms with Crippen LogP contribution in [0, 0.1) is 11.3 Å². The Morgan fingerprint density at radius 2 is 1.48 bits per heavy atom. The minimum atomic E-state index is -0.0934. The van der Waals surface area contributed by atoms with Crippen molar-refractivity contribution in [1.29, 1.82) is 5.26 Å². The lowest BCUT2D eigenvalue weighted by Gasteiger charge is -2.38. The Kier molecular flexibility index (Phi) is 8.08. The fraction of sp³-hybridized carbons (Fsp3) is 0.278. The van der Waals surface area contributed by atoms with Crippen LogP contribution in [0.15, 0.2) is 60.7 Å². The van der Waals surface area contributed by atoms with E-state index < -0.39 is 0 Å². The maximum atomic E-state index is 9.47. The number of piperazine rings is 1. The van der Waals surface area contributed by atoms with Gasteiger partial charge in [-0.05, 0) is 11.1 Å². The lowest BCUT2D eigenvalue weighted by atomic mass is 9.95. The minimum absolute atomic E-state index is 0. The van der Waals surface area contributed by atoms with Gasteiger partial charge < -0.3 is 5.32 Å². The number of hydrogen-bond acceptors (Lipinski definition) is 3. The molecule has 2 aromatic rings. The summed E-state index contributed by atoms with van der Waals surface area (Å²) in [5.41, 5.74) is 2.48. The highest BCUT2D eigenvalue weighted by Crippen LogP contribution is 2.30. The number of halogens is 2. The van der Waals surface area contributed by atoms with Crippen LogP contribution >= 0.6 is 24.8 Å². The molecule has 0 spiro atoms. The van der Waals surface area contributed by atoms with E-state index in [0.29, 0.717) is 0 Å². The second-order valence-corrected chi connectivity index (χ2v) is 5.31. The molecule has 0 radical (unpaired) electrons. The monoisotopic (exact) mass is 349 g/mol. The van der Waals surface area contributed by atoms with Crippen LogP contribution in [0.5, 0.6) is 0 Å². The quantitative estimate of drug-likeness (QED) is 0.922. The molecule has 1 aliphatic rings. The third kappa shape index (κ3) is 4.46. The van der Waals surface area contributed by atoms with Crippen molar-refractivity contribution in [3.05, 3.63) is 71.8 Å². The van der Waals surface area contributed by atoms with Crippen LogP contribution < -0.4 is 5.32 Å². The molecule has 1 aliphatic heterocycles. The summed E-state index contributed by atoms with van der Waals surface area (Å²) in [4.78, 5) is 2.31. The van der Waals surface area contributed by atoms with E-state index in [-0.39, 0.29) is 36.9 Å². The molecule has 0 bridgehead atoms. The number of hydrogen-bond donors (Lipinski definition) is 1. The van der Waals surface area contributed by atoms with Gasteiger partial charge in [-0.3, -0.25) is 4.90 Å². The van der Waals surface area contributed by atoms with Crippen molar-refractivity contribution < 1.29 is 0 Å². The molecule has 0 aromatic heterocycles. The van der Waals surface area contributed by atoms with Crippen LogP contribution in [-0.4, -0.2) is 30.6 Å². The topological polar surface area (TPSA) is 39.1 Å². The molecular weight excluding hydrogens is 329 g/mol. The van der Waals surface area contributed by atoms with Crippen LogP contribution in [-0.2, 0) is 0 Å². The van der Waals surface area contributed by atoms with Crippen molar-refractivity contribution in [3.8, 4) is 6.07 Å². The molecule has 0 saturated carbocycles. The molecule has 0 amide bonds. The Hall–Kier alpha value is -1.57. The molecule has 1 unspecified atom stereocenters. The van der Waals surface area contributed by atoms with Crippen LogP contribution in [0.1, 0.15) is 17.2 Å². The van der Waals surface area contributed by atoms with Crippen molar-refractivity contribution in [2.75, 3.05) is 19.6 Å². The summed E-state index contributed by atoms with van der Waals surface area (Å²) in [6.45, 7) is 2.54. The maximum absolute atomic E-state index is 9.47. The lowest BCUT2D eigenvalue weighted by molar-refractivity contribution is 0.158. The number of nitrogens with zero attached hydrogens (tertiary/aromatic N) is 2. The first-order chi connectivity index (χ1) is 10.4. The third-order valence-electron chi connectivity index (χ3n) is 4.00. The summed E-state index contributed by atoms with van der Waals surface area (Å²) in [6, 6.07) is 23.4. The van der Waals surface area contributed by atoms with E-state index in [0.717, 1.165) is 19.6 Å². The molecular formula is C18H21Cl2N3. The van der Waals surface area contributed by atoms with Crippen molar-refractivity contribution in [2.24, 2.45) is 0 Å². The van der Waals surface area contributed by atoms with E-state index in [1.165, 1.54) is 11.1 Å². The summed E-state index contributed by atoms with van der Waals surface area (Å²) in [6.07, 6.45) is 0. The van der Waals surface area contributed by atoms with Gasteiger partial charge in [0.1, 0.15) is 6.04 Å². The standard InChI is InChI=1S/C18H19N3.2ClH/c19-13-17-14-20-11-12-21(17)18(15-7-3-1-4-8-15)16-9-5-2-6-10-16;;/h1-10,17-18,20H,11-12,14H2;2*1H. The van der Waals surface area contributed by atoms with Gasteiger partial charge in [0.25, 0.3) is 0 Å². The molecule has 5 heteroatoms. The molecule has 1 fully saturated rings. The van der Waals surface area contributed by atoms with Crippen LogP contribution in [0.4, 0.5) is 0 Å². The third-order valence-corrected chi connectivity index (χ3v) is 4.00. The number of rotatable bonds is 3. The molecule has 2 aromatic carbocycles. The number of nitrogens with one attached hydrogen (secondary N) is 1. The van der Waals surface area contributed by atoms with Gasteiger partial charge in [-0.15, -0.1) is 24.8 Å². The molecule has 3 rings (SSSR count). The molecule has 1 atom stereocenters. The van der Waals surface area contributed by atoms with E-state index in [2.05, 4.69) is 64.8 Å². The van der Waals surface area contributed by atoms with Crippen molar-refractivity contribution in [2.45, 2.75) is 12.1 Å². The van der Waals surface area contributed by atoms with Gasteiger partial charge in [-0.1, -0.05) is 60.7 Å². The van der Waals surface area contributed by atoms with Crippen LogP contribution in [0.25, 0.3) is 0 Å². The highest BCUT2D eigenvalue weighted by Gasteiger charge is 2.30. The van der Waals surface area contributed by atoms with Gasteiger partial charge in [0.2, 0.25) is 0 Å². The van der Waals surface area contributed by atoms with Crippen molar-refractivity contribution >= 4 is 24.8 Å². The Morgan fingerprint density at radius 3 is 1.96 bits per heavy atom. The summed E-state index contributed by atoms with van der Waals surface area (Å²) in [7, 11) is 0. The molecule has 0 aliphatic carbocycles. The second kappa shape index (κ2) is 9.54. The minimum Gasteiger partial charge on any atom is -0.313 e. The first-order valence-corrected chi connectivity index (χ1v) is 7.36. The average Bonchev–Trinajstić information content (AvgIpc) is 2.58. The Morgan fingerprint density at radius 1 is 0.957 bits per heavy atom. The number of benzene rings is 2. The van der Waals surface area contributed by atoms with Gasteiger partial charge in [0, 0.05) is 19.6 Å². The first kappa shape index (κ1) is 19.5. The summed E-state index contributed by atoms with van der Waals surface area (Å²) in [5.74, 6) is 0. The van der Waals surface area contributed by atoms with E-state index >= 15 is 0 Å². The smallest absolute Gasteiger partial charge is 0.111 e. The summed E-state index contributed by atoms with van der Waals surface area (Å²) >= 11 is 0. The molecule has 23 heavy (non-hydrogen) atoms. The number of nitriles is 1. The van der Waals surface area contributed by atoms with Crippen LogP contribution in [0.2, 0.25) is 0 Å². The van der Waals surface area contributed by atoms with Crippen LogP contribution in [0.3, 0.4) is 0 Å². The zero-order valence-corrected chi connectivity index (χ0v) is 14.4. The largest absolute Gasteiger partial charge is 0.313 e. The molecule has 1 saturated heterocycles. The summed E-state index contributed by atoms with van der Waals surface area (Å²) < 4.78 is 0. The zero-order valence-electron chi connectivity index (χ0n) is 12.8. The Labute approximate surface area is 150 Å². The first-order valence-electron chi connectivity index (χ1n) is 7.36. The Balaban J connectivity index is 0.00000132. The van der Waals surface area contributed by atoms with Gasteiger partial charge in [-0.2, -0.15) is 5.26 Å². The Bertz CT molecular complexity index is 574. The summed E-state index contributed by atoms with van der Waals surface area (Å²) in [5, 5.41) is 12.8. The van der Waals surface area contributed by atoms with E-state index in [9.17, 15) is 5.26 Å². The lowest BCUT2D eigenvalue weighted by Crippen LogP contribution is -2.52. The fourth-order valence-corrected chi connectivity index (χ4v) is 2.99. The second-order valence-electron chi connectivity index (χ2n) is 5.31. The van der Waals surface area contributed by atoms with Gasteiger partial charge >= 0.3 is 0 Å². The SMILES string of the molecule is Cl.Cl.N#CC1CNCCN1C(c1ccccc1)c1ccccc1. The van der Waals surface area contributed by atoms with Gasteiger partial charge in [0.15, 0.2) is 0 Å². The maximum Gasteiger partial charge on any atom is 0.111 e. The normalized spacial score (nSPS) is 17.7. The molecule has 3 nitrogen and oxygen atoms in total. The fourth-order valence-electron chi connectivity index (χ4n) is 2.99. The highest BCUT2D eigenvalue weighted by atomic mass is 35.5.